The van der Waals surface area contributed by atoms with Crippen molar-refractivity contribution in [2.24, 2.45) is 0 Å². The van der Waals surface area contributed by atoms with Crippen molar-refractivity contribution in [2.75, 3.05) is 7.11 Å². The van der Waals surface area contributed by atoms with Gasteiger partial charge in [0.25, 0.3) is 0 Å². The number of rotatable bonds is 3. The number of carbonyl (C=O) groups is 1. The second kappa shape index (κ2) is 6.81. The lowest BCUT2D eigenvalue weighted by Crippen LogP contribution is -2.03. The highest BCUT2D eigenvalue weighted by atomic mass is 16.5. The van der Waals surface area contributed by atoms with Crippen molar-refractivity contribution in [3.63, 3.8) is 0 Å². The number of fused-ring (bicyclic) bond motifs is 1. The van der Waals surface area contributed by atoms with Crippen molar-refractivity contribution in [3.8, 4) is 22.4 Å². The van der Waals surface area contributed by atoms with Crippen molar-refractivity contribution >= 4 is 16.7 Å². The molecule has 0 saturated carbocycles. The van der Waals surface area contributed by atoms with Crippen LogP contribution in [0.2, 0.25) is 0 Å². The summed E-state index contributed by atoms with van der Waals surface area (Å²) in [7, 11) is 1.40. The summed E-state index contributed by atoms with van der Waals surface area (Å²) in [6.45, 7) is 0. The van der Waals surface area contributed by atoms with E-state index in [0.29, 0.717) is 5.56 Å². The number of ether oxygens (including phenoxy) is 1. The molecule has 0 aliphatic heterocycles. The minimum atomic E-state index is -0.350. The quantitative estimate of drug-likeness (QED) is 0.472. The highest BCUT2D eigenvalue weighted by Gasteiger charge is 2.16. The number of pyridine rings is 1. The van der Waals surface area contributed by atoms with Gasteiger partial charge in [0, 0.05) is 22.7 Å². The van der Waals surface area contributed by atoms with Gasteiger partial charge >= 0.3 is 5.97 Å². The molecule has 0 N–H and O–H groups in total. The zero-order chi connectivity index (χ0) is 17.9. The Kier molecular flexibility index (Phi) is 4.20. The summed E-state index contributed by atoms with van der Waals surface area (Å²) < 4.78 is 4.94. The average Bonchev–Trinajstić information content (AvgIpc) is 2.73. The van der Waals surface area contributed by atoms with Crippen LogP contribution in [0.25, 0.3) is 33.2 Å². The molecular weight excluding hydrogens is 322 g/mol. The molecule has 26 heavy (non-hydrogen) atoms. The van der Waals surface area contributed by atoms with Gasteiger partial charge in [0.2, 0.25) is 0 Å². The normalized spacial score (nSPS) is 10.7. The van der Waals surface area contributed by atoms with Crippen LogP contribution in [0.4, 0.5) is 0 Å². The van der Waals surface area contributed by atoms with E-state index in [9.17, 15) is 4.79 Å². The molecule has 0 radical (unpaired) electrons. The van der Waals surface area contributed by atoms with Gasteiger partial charge in [-0.1, -0.05) is 72.8 Å². The van der Waals surface area contributed by atoms with E-state index < -0.39 is 0 Å². The van der Waals surface area contributed by atoms with E-state index in [-0.39, 0.29) is 5.97 Å². The van der Waals surface area contributed by atoms with Crippen LogP contribution in [-0.4, -0.2) is 18.1 Å². The standard InChI is InChI=1S/C23H17NO2/c1-26-23(25)20-14-8-6-12-18(20)21-15-24-22(16-9-3-2-4-10-16)19-13-7-5-11-17(19)21/h2-15H,1H3. The Bertz CT molecular complexity index is 1090. The fourth-order valence-electron chi connectivity index (χ4n) is 3.24. The Morgan fingerprint density at radius 1 is 0.769 bits per heavy atom. The predicted molar refractivity (Wildman–Crippen MR) is 104 cm³/mol. The molecule has 0 spiro atoms. The first-order valence-corrected chi connectivity index (χ1v) is 8.40. The molecule has 3 aromatic carbocycles. The van der Waals surface area contributed by atoms with Gasteiger partial charge in [0.15, 0.2) is 0 Å². The second-order valence-corrected chi connectivity index (χ2v) is 5.97. The lowest BCUT2D eigenvalue weighted by atomic mass is 9.94. The third kappa shape index (κ3) is 2.74. The summed E-state index contributed by atoms with van der Waals surface area (Å²) in [6.07, 6.45) is 1.84. The number of carbonyl (C=O) groups excluding carboxylic acids is 1. The lowest BCUT2D eigenvalue weighted by molar-refractivity contribution is 0.0601. The Morgan fingerprint density at radius 3 is 2.19 bits per heavy atom. The van der Waals surface area contributed by atoms with E-state index in [1.54, 1.807) is 6.07 Å². The topological polar surface area (TPSA) is 39.2 Å². The molecule has 0 amide bonds. The van der Waals surface area contributed by atoms with Crippen LogP contribution in [-0.2, 0) is 4.74 Å². The largest absolute Gasteiger partial charge is 0.465 e. The number of benzene rings is 3. The van der Waals surface area contributed by atoms with E-state index in [1.807, 2.05) is 54.7 Å². The van der Waals surface area contributed by atoms with E-state index in [4.69, 9.17) is 9.72 Å². The van der Waals surface area contributed by atoms with Crippen LogP contribution in [0, 0.1) is 0 Å². The molecule has 126 valence electrons. The summed E-state index contributed by atoms with van der Waals surface area (Å²) in [5, 5.41) is 2.11. The Hall–Kier alpha value is -3.46. The van der Waals surface area contributed by atoms with Crippen molar-refractivity contribution in [3.05, 3.63) is 90.6 Å². The highest BCUT2D eigenvalue weighted by molar-refractivity contribution is 6.07. The van der Waals surface area contributed by atoms with Crippen LogP contribution in [0.5, 0.6) is 0 Å². The smallest absolute Gasteiger partial charge is 0.338 e. The zero-order valence-electron chi connectivity index (χ0n) is 14.3. The van der Waals surface area contributed by atoms with E-state index >= 15 is 0 Å². The number of methoxy groups -OCH3 is 1. The van der Waals surface area contributed by atoms with Crippen LogP contribution >= 0.6 is 0 Å². The van der Waals surface area contributed by atoms with Gasteiger partial charge in [-0.2, -0.15) is 0 Å². The number of aromatic nitrogens is 1. The molecule has 0 aliphatic rings. The predicted octanol–water partition coefficient (Wildman–Crippen LogP) is 5.36. The maximum absolute atomic E-state index is 12.2. The number of nitrogens with zero attached hydrogens (tertiary/aromatic N) is 1. The molecule has 0 fully saturated rings. The summed E-state index contributed by atoms with van der Waals surface area (Å²) in [4.78, 5) is 16.9. The summed E-state index contributed by atoms with van der Waals surface area (Å²) in [5.74, 6) is -0.350. The molecule has 4 rings (SSSR count). The first kappa shape index (κ1) is 16.0. The molecule has 1 heterocycles. The molecule has 0 aliphatic carbocycles. The van der Waals surface area contributed by atoms with E-state index in [1.165, 1.54) is 7.11 Å². The molecule has 0 unspecified atom stereocenters. The molecule has 4 aromatic rings. The van der Waals surface area contributed by atoms with Gasteiger partial charge in [-0.15, -0.1) is 0 Å². The third-order valence-corrected chi connectivity index (χ3v) is 4.46. The van der Waals surface area contributed by atoms with Crippen LogP contribution < -0.4 is 0 Å². The first-order valence-electron chi connectivity index (χ1n) is 8.40. The summed E-state index contributed by atoms with van der Waals surface area (Å²) >= 11 is 0. The minimum absolute atomic E-state index is 0.350. The number of hydrogen-bond donors (Lipinski definition) is 0. The molecule has 0 atom stereocenters. The molecule has 3 nitrogen and oxygen atoms in total. The fourth-order valence-corrected chi connectivity index (χ4v) is 3.24. The lowest BCUT2D eigenvalue weighted by Gasteiger charge is -2.13. The fraction of sp³-hybridized carbons (Fsp3) is 0.0435. The Labute approximate surface area is 151 Å². The second-order valence-electron chi connectivity index (χ2n) is 5.97. The van der Waals surface area contributed by atoms with Gasteiger partial charge in [-0.05, 0) is 17.0 Å². The van der Waals surface area contributed by atoms with Crippen LogP contribution in [0.3, 0.4) is 0 Å². The third-order valence-electron chi connectivity index (χ3n) is 4.46. The van der Waals surface area contributed by atoms with E-state index in [0.717, 1.165) is 33.2 Å². The van der Waals surface area contributed by atoms with Crippen molar-refractivity contribution in [1.82, 2.24) is 4.98 Å². The summed E-state index contributed by atoms with van der Waals surface area (Å²) in [5.41, 5.74) is 4.27. The van der Waals surface area contributed by atoms with Crippen molar-refractivity contribution in [2.45, 2.75) is 0 Å². The van der Waals surface area contributed by atoms with Gasteiger partial charge in [-0.25, -0.2) is 4.79 Å². The summed E-state index contributed by atoms with van der Waals surface area (Å²) in [6, 6.07) is 25.7. The average molecular weight is 339 g/mol. The maximum atomic E-state index is 12.2. The van der Waals surface area contributed by atoms with Crippen molar-refractivity contribution < 1.29 is 9.53 Å². The zero-order valence-corrected chi connectivity index (χ0v) is 14.3. The highest BCUT2D eigenvalue weighted by Crippen LogP contribution is 2.35. The Balaban J connectivity index is 1.99. The van der Waals surface area contributed by atoms with E-state index in [2.05, 4.69) is 24.3 Å². The SMILES string of the molecule is COC(=O)c1ccccc1-c1cnc(-c2ccccc2)c2ccccc12. The first-order chi connectivity index (χ1) is 12.8. The van der Waals surface area contributed by atoms with Gasteiger partial charge in [0.05, 0.1) is 18.4 Å². The van der Waals surface area contributed by atoms with Crippen LogP contribution in [0.1, 0.15) is 10.4 Å². The van der Waals surface area contributed by atoms with Crippen molar-refractivity contribution in [1.29, 1.82) is 0 Å². The monoisotopic (exact) mass is 339 g/mol. The van der Waals surface area contributed by atoms with Crippen LogP contribution in [0.15, 0.2) is 85.1 Å². The molecule has 3 heteroatoms. The maximum Gasteiger partial charge on any atom is 0.338 e. The number of esters is 1. The minimum Gasteiger partial charge on any atom is -0.465 e. The van der Waals surface area contributed by atoms with Gasteiger partial charge < -0.3 is 4.74 Å². The molecule has 0 bridgehead atoms. The molecular formula is C23H17NO2. The number of hydrogen-bond acceptors (Lipinski definition) is 3. The van der Waals surface area contributed by atoms with Gasteiger partial charge in [0.1, 0.15) is 0 Å². The molecule has 0 saturated heterocycles. The van der Waals surface area contributed by atoms with Gasteiger partial charge in [-0.3, -0.25) is 4.98 Å². The Morgan fingerprint density at radius 2 is 1.42 bits per heavy atom. The molecule has 1 aromatic heterocycles.